The molecule has 2 fully saturated rings. The zero-order valence-corrected chi connectivity index (χ0v) is 23.4. The van der Waals surface area contributed by atoms with Crippen molar-refractivity contribution >= 4 is 34.2 Å². The average Bonchev–Trinajstić information content (AvgIpc) is 3.66. The standard InChI is InChI=1S/C32H40N4O4/c1-40-25-15-16-26-27(22-33-28(26)21-25)30(37)32(39)36(20-10-19-35-17-8-9-18-35)29(23-11-4-2-5-12-23)31(38)34-24-13-6-3-7-14-24/h3,6-7,13-16,21-23,29,33H,2,4-5,8-12,17-20H2,1H3,(H,34,38). The summed E-state index contributed by atoms with van der Waals surface area (Å²) in [5, 5.41) is 3.71. The largest absolute Gasteiger partial charge is 0.497 e. The van der Waals surface area contributed by atoms with Crippen molar-refractivity contribution in [3.63, 3.8) is 0 Å². The fourth-order valence-electron chi connectivity index (χ4n) is 6.30. The predicted octanol–water partition coefficient (Wildman–Crippen LogP) is 5.26. The molecule has 1 aliphatic carbocycles. The monoisotopic (exact) mass is 544 g/mol. The van der Waals surface area contributed by atoms with Crippen LogP contribution in [-0.4, -0.2) is 71.7 Å². The van der Waals surface area contributed by atoms with Gasteiger partial charge in [-0.1, -0.05) is 37.5 Å². The first-order valence-electron chi connectivity index (χ1n) is 14.6. The Bertz CT molecular complexity index is 1310. The number of anilines is 1. The molecule has 3 aromatic rings. The Labute approximate surface area is 236 Å². The van der Waals surface area contributed by atoms with Crippen molar-refractivity contribution < 1.29 is 19.1 Å². The molecule has 0 spiro atoms. The molecule has 1 atom stereocenters. The third-order valence-electron chi connectivity index (χ3n) is 8.40. The summed E-state index contributed by atoms with van der Waals surface area (Å²) in [4.78, 5) is 49.0. The maximum Gasteiger partial charge on any atom is 0.295 e. The van der Waals surface area contributed by atoms with Crippen LogP contribution < -0.4 is 10.1 Å². The lowest BCUT2D eigenvalue weighted by Crippen LogP contribution is -2.54. The Morgan fingerprint density at radius 2 is 1.77 bits per heavy atom. The van der Waals surface area contributed by atoms with E-state index >= 15 is 0 Å². The van der Waals surface area contributed by atoms with E-state index in [0.29, 0.717) is 35.4 Å². The van der Waals surface area contributed by atoms with Gasteiger partial charge in [0, 0.05) is 35.4 Å². The number of nitrogens with zero attached hydrogens (tertiary/aromatic N) is 2. The van der Waals surface area contributed by atoms with Gasteiger partial charge in [0.15, 0.2) is 0 Å². The van der Waals surface area contributed by atoms with Gasteiger partial charge in [-0.05, 0) is 81.9 Å². The lowest BCUT2D eigenvalue weighted by atomic mass is 9.82. The molecule has 212 valence electrons. The molecule has 1 saturated carbocycles. The number of hydrogen-bond acceptors (Lipinski definition) is 5. The third kappa shape index (κ3) is 6.39. The molecule has 1 unspecified atom stereocenters. The van der Waals surface area contributed by atoms with Crippen molar-refractivity contribution in [1.82, 2.24) is 14.8 Å². The summed E-state index contributed by atoms with van der Waals surface area (Å²) in [7, 11) is 1.59. The number of para-hydroxylation sites is 1. The first kappa shape index (κ1) is 27.9. The molecule has 2 heterocycles. The maximum absolute atomic E-state index is 14.1. The molecule has 2 aromatic carbocycles. The van der Waals surface area contributed by atoms with Gasteiger partial charge in [0.1, 0.15) is 11.8 Å². The highest BCUT2D eigenvalue weighted by Gasteiger charge is 2.39. The normalized spacial score (nSPS) is 17.0. The van der Waals surface area contributed by atoms with E-state index in [1.54, 1.807) is 30.3 Å². The fourth-order valence-corrected chi connectivity index (χ4v) is 6.30. The highest BCUT2D eigenvalue weighted by molar-refractivity contribution is 6.45. The van der Waals surface area contributed by atoms with Crippen LogP contribution in [0.25, 0.3) is 10.9 Å². The predicted molar refractivity (Wildman–Crippen MR) is 157 cm³/mol. The summed E-state index contributed by atoms with van der Waals surface area (Å²) >= 11 is 0. The van der Waals surface area contributed by atoms with Gasteiger partial charge in [-0.15, -0.1) is 0 Å². The van der Waals surface area contributed by atoms with E-state index in [1.807, 2.05) is 36.4 Å². The van der Waals surface area contributed by atoms with E-state index in [0.717, 1.165) is 57.3 Å². The number of rotatable bonds is 11. The number of benzene rings is 2. The highest BCUT2D eigenvalue weighted by Crippen LogP contribution is 2.31. The van der Waals surface area contributed by atoms with Crippen LogP contribution in [0.3, 0.4) is 0 Å². The number of Topliss-reactive ketones (excluding diaryl/α,β-unsaturated/α-hetero) is 1. The minimum atomic E-state index is -0.708. The maximum atomic E-state index is 14.1. The Hall–Kier alpha value is -3.65. The van der Waals surface area contributed by atoms with Crippen molar-refractivity contribution in [2.24, 2.45) is 5.92 Å². The number of hydrogen-bond donors (Lipinski definition) is 2. The summed E-state index contributed by atoms with van der Waals surface area (Å²) in [6.07, 6.45) is 9.59. The number of fused-ring (bicyclic) bond motifs is 1. The van der Waals surface area contributed by atoms with E-state index < -0.39 is 17.7 Å². The molecule has 2 amide bonds. The SMILES string of the molecule is COc1ccc2c(C(=O)C(=O)N(CCCN3CCCC3)C(C(=O)Nc3ccccc3)C3CCCCC3)c[nH]c2c1. The number of H-pyrrole nitrogens is 1. The van der Waals surface area contributed by atoms with E-state index in [1.165, 1.54) is 12.8 Å². The van der Waals surface area contributed by atoms with Gasteiger partial charge >= 0.3 is 0 Å². The van der Waals surface area contributed by atoms with E-state index in [2.05, 4.69) is 15.2 Å². The van der Waals surface area contributed by atoms with Crippen molar-refractivity contribution in [2.75, 3.05) is 38.6 Å². The Balaban J connectivity index is 1.45. The number of aromatic amines is 1. The molecule has 2 aliphatic rings. The minimum absolute atomic E-state index is 0.00762. The van der Waals surface area contributed by atoms with E-state index in [-0.39, 0.29) is 11.8 Å². The van der Waals surface area contributed by atoms with Gasteiger partial charge in [-0.25, -0.2) is 0 Å². The number of aromatic nitrogens is 1. The number of ketones is 1. The lowest BCUT2D eigenvalue weighted by Gasteiger charge is -2.37. The van der Waals surface area contributed by atoms with Crippen LogP contribution in [0.15, 0.2) is 54.7 Å². The third-order valence-corrected chi connectivity index (χ3v) is 8.40. The number of nitrogens with one attached hydrogen (secondary N) is 2. The molecule has 8 heteroatoms. The molecule has 0 radical (unpaired) electrons. The van der Waals surface area contributed by atoms with Gasteiger partial charge in [-0.2, -0.15) is 0 Å². The summed E-state index contributed by atoms with van der Waals surface area (Å²) in [5.74, 6) is -0.752. The first-order valence-corrected chi connectivity index (χ1v) is 14.6. The first-order chi connectivity index (χ1) is 19.5. The van der Waals surface area contributed by atoms with Gasteiger partial charge in [0.2, 0.25) is 5.91 Å². The van der Waals surface area contributed by atoms with Crippen LogP contribution in [0.2, 0.25) is 0 Å². The Morgan fingerprint density at radius 1 is 1.02 bits per heavy atom. The van der Waals surface area contributed by atoms with Crippen molar-refractivity contribution in [2.45, 2.75) is 57.4 Å². The summed E-state index contributed by atoms with van der Waals surface area (Å²) in [5.41, 5.74) is 1.73. The highest BCUT2D eigenvalue weighted by atomic mass is 16.5. The second-order valence-corrected chi connectivity index (χ2v) is 11.0. The number of methoxy groups -OCH3 is 1. The smallest absolute Gasteiger partial charge is 0.295 e. The van der Waals surface area contributed by atoms with E-state index in [9.17, 15) is 14.4 Å². The van der Waals surface area contributed by atoms with Gasteiger partial charge in [0.05, 0.1) is 12.7 Å². The van der Waals surface area contributed by atoms with Crippen LogP contribution in [0.5, 0.6) is 5.75 Å². The second kappa shape index (κ2) is 13.1. The molecule has 2 N–H and O–H groups in total. The molecule has 1 aliphatic heterocycles. The minimum Gasteiger partial charge on any atom is -0.497 e. The van der Waals surface area contributed by atoms with Crippen LogP contribution in [0.1, 0.15) is 61.7 Å². The molecule has 1 aromatic heterocycles. The van der Waals surface area contributed by atoms with Crippen LogP contribution in [0.4, 0.5) is 5.69 Å². The summed E-state index contributed by atoms with van der Waals surface area (Å²) in [6, 6.07) is 14.0. The molecule has 40 heavy (non-hydrogen) atoms. The van der Waals surface area contributed by atoms with Crippen LogP contribution in [0, 0.1) is 5.92 Å². The molecular formula is C32H40N4O4. The molecular weight excluding hydrogens is 504 g/mol. The average molecular weight is 545 g/mol. The summed E-state index contributed by atoms with van der Waals surface area (Å²) < 4.78 is 5.31. The number of amides is 2. The number of carbonyl (C=O) groups is 3. The molecule has 0 bridgehead atoms. The van der Waals surface area contributed by atoms with Crippen molar-refractivity contribution in [3.8, 4) is 5.75 Å². The van der Waals surface area contributed by atoms with Crippen molar-refractivity contribution in [1.29, 1.82) is 0 Å². The fraction of sp³-hybridized carbons (Fsp3) is 0.469. The zero-order valence-electron chi connectivity index (χ0n) is 23.4. The topological polar surface area (TPSA) is 94.7 Å². The Morgan fingerprint density at radius 3 is 2.50 bits per heavy atom. The molecule has 5 rings (SSSR count). The lowest BCUT2D eigenvalue weighted by molar-refractivity contribution is -0.137. The zero-order chi connectivity index (χ0) is 27.9. The van der Waals surface area contributed by atoms with Crippen molar-refractivity contribution in [3.05, 3.63) is 60.3 Å². The number of likely N-dealkylation sites (tertiary alicyclic amines) is 1. The number of ether oxygens (including phenoxy) is 1. The van der Waals surface area contributed by atoms with Gasteiger partial charge in [-0.3, -0.25) is 14.4 Å². The van der Waals surface area contributed by atoms with Crippen LogP contribution in [-0.2, 0) is 9.59 Å². The quantitative estimate of drug-likeness (QED) is 0.254. The molecule has 8 nitrogen and oxygen atoms in total. The van der Waals surface area contributed by atoms with E-state index in [4.69, 9.17) is 4.74 Å². The van der Waals surface area contributed by atoms with Gasteiger partial charge in [0.25, 0.3) is 11.7 Å². The van der Waals surface area contributed by atoms with Gasteiger partial charge < -0.3 is 24.8 Å². The van der Waals surface area contributed by atoms with Crippen LogP contribution >= 0.6 is 0 Å². The summed E-state index contributed by atoms with van der Waals surface area (Å²) in [6.45, 7) is 3.33. The second-order valence-electron chi connectivity index (χ2n) is 11.0. The number of carbonyl (C=O) groups excluding carboxylic acids is 3. The molecule has 1 saturated heterocycles. The Kier molecular flexibility index (Phi) is 9.16.